The van der Waals surface area contributed by atoms with Gasteiger partial charge in [-0.25, -0.2) is 4.98 Å². The molecule has 3 heterocycles. The first-order valence-corrected chi connectivity index (χ1v) is 9.05. The van der Waals surface area contributed by atoms with Gasteiger partial charge in [-0.2, -0.15) is 4.98 Å². The molecule has 1 aliphatic heterocycles. The average molecular weight is 447 g/mol. The third-order valence-corrected chi connectivity index (χ3v) is 4.58. The minimum absolute atomic E-state index is 0.0388. The Kier molecular flexibility index (Phi) is 8.15. The van der Waals surface area contributed by atoms with Crippen LogP contribution in [-0.4, -0.2) is 111 Å². The van der Waals surface area contributed by atoms with Crippen LogP contribution >= 0.6 is 0 Å². The number of nitrogens with zero attached hydrogens (tertiary/aromatic N) is 3. The van der Waals surface area contributed by atoms with E-state index in [9.17, 15) is 19.8 Å². The quantitative estimate of drug-likeness (QED) is 0.188. The topological polar surface area (TPSA) is 258 Å². The van der Waals surface area contributed by atoms with Gasteiger partial charge in [-0.3, -0.25) is 14.3 Å². The third-order valence-electron chi connectivity index (χ3n) is 4.58. The summed E-state index contributed by atoms with van der Waals surface area (Å²) >= 11 is 0. The molecule has 31 heavy (non-hydrogen) atoms. The predicted molar refractivity (Wildman–Crippen MR) is 101 cm³/mol. The molecule has 1 aliphatic rings. The molecule has 15 nitrogen and oxygen atoms in total. The van der Waals surface area contributed by atoms with Gasteiger partial charge in [-0.15, -0.1) is 0 Å². The first kappa shape index (κ1) is 24.8. The van der Waals surface area contributed by atoms with Crippen molar-refractivity contribution in [3.8, 4) is 0 Å². The lowest BCUT2D eigenvalue weighted by atomic mass is 10.1. The van der Waals surface area contributed by atoms with Crippen LogP contribution in [-0.2, 0) is 9.53 Å². The Hall–Kier alpha value is -2.50. The number of anilines is 1. The number of aromatic nitrogens is 4. The van der Waals surface area contributed by atoms with Crippen LogP contribution < -0.4 is 11.3 Å². The van der Waals surface area contributed by atoms with E-state index < -0.39 is 61.1 Å². The monoisotopic (exact) mass is 447 g/mol. The maximum absolute atomic E-state index is 11.7. The molecule has 1 fully saturated rings. The first-order valence-electron chi connectivity index (χ1n) is 9.05. The molecule has 10 N–H and O–H groups in total. The fraction of sp³-hybridized carbons (Fsp3) is 0.625. The zero-order valence-electron chi connectivity index (χ0n) is 16.3. The summed E-state index contributed by atoms with van der Waals surface area (Å²) < 4.78 is 6.64. The summed E-state index contributed by atoms with van der Waals surface area (Å²) in [5.74, 6) is -0.101. The van der Waals surface area contributed by atoms with Crippen LogP contribution in [0.3, 0.4) is 0 Å². The minimum atomic E-state index is -1.65. The average Bonchev–Trinajstić information content (AvgIpc) is 3.27. The third kappa shape index (κ3) is 5.23. The number of ether oxygens (including phenoxy) is 1. The second-order valence-corrected chi connectivity index (χ2v) is 6.85. The lowest BCUT2D eigenvalue weighted by Gasteiger charge is -2.21. The number of nitrogen functional groups attached to an aromatic ring is 1. The van der Waals surface area contributed by atoms with Crippen molar-refractivity contribution in [2.45, 2.75) is 55.9 Å². The largest absolute Gasteiger partial charge is 0.394 e. The maximum atomic E-state index is 11.7. The van der Waals surface area contributed by atoms with E-state index in [1.54, 1.807) is 0 Å². The number of carbonyl (C=O) groups excluding carboxylic acids is 1. The highest BCUT2D eigenvalue weighted by molar-refractivity contribution is 5.70. The summed E-state index contributed by atoms with van der Waals surface area (Å²) in [6.45, 7) is 0.795. The molecule has 1 saturated heterocycles. The number of H-pyrrole nitrogens is 1. The number of aldehydes is 1. The van der Waals surface area contributed by atoms with Crippen LogP contribution in [0.5, 0.6) is 0 Å². The van der Waals surface area contributed by atoms with Crippen LogP contribution in [0.15, 0.2) is 11.1 Å². The van der Waals surface area contributed by atoms with Gasteiger partial charge in [-0.05, 0) is 6.92 Å². The predicted octanol–water partition coefficient (Wildman–Crippen LogP) is -5.04. The van der Waals surface area contributed by atoms with Crippen molar-refractivity contribution >= 4 is 23.4 Å². The van der Waals surface area contributed by atoms with E-state index in [1.165, 1.54) is 17.8 Å². The molecule has 174 valence electrons. The molecule has 0 aliphatic carbocycles. The fourth-order valence-corrected chi connectivity index (χ4v) is 2.81. The summed E-state index contributed by atoms with van der Waals surface area (Å²) in [5.41, 5.74) is 5.12. The molecule has 2 aromatic heterocycles. The lowest BCUT2D eigenvalue weighted by Crippen LogP contribution is -2.43. The molecule has 15 heteroatoms. The van der Waals surface area contributed by atoms with E-state index in [2.05, 4.69) is 15.0 Å². The van der Waals surface area contributed by atoms with E-state index in [-0.39, 0.29) is 23.4 Å². The van der Waals surface area contributed by atoms with Gasteiger partial charge in [0.15, 0.2) is 23.7 Å². The standard InChI is InChI=1S/C10H13N5O5.C6H12O5/c11-10-13-7-4(8(19)14-10)12-2-15(7)9-6(18)5(17)3(1-16)20-9;1-3(8)5(10)6(11)4(9)2-7/h2-3,5-6,9,16-18H,1H2,(H3,11,13,14,19);2-6,8-11H,1H3/t3-,5-,6-,9-;3-,4+,5+,6-/m10/s1. The van der Waals surface area contributed by atoms with Gasteiger partial charge in [0.25, 0.3) is 5.56 Å². The van der Waals surface area contributed by atoms with Gasteiger partial charge in [0, 0.05) is 0 Å². The molecule has 8 atom stereocenters. The number of carbonyl (C=O) groups is 1. The second-order valence-electron chi connectivity index (χ2n) is 6.85. The van der Waals surface area contributed by atoms with E-state index in [1.807, 2.05) is 0 Å². The number of nitrogens with one attached hydrogen (secondary N) is 1. The normalized spacial score (nSPS) is 27.2. The molecule has 0 bridgehead atoms. The van der Waals surface area contributed by atoms with Crippen LogP contribution in [0, 0.1) is 0 Å². The molecule has 0 radical (unpaired) electrons. The lowest BCUT2D eigenvalue weighted by molar-refractivity contribution is -0.132. The van der Waals surface area contributed by atoms with Gasteiger partial charge in [0.05, 0.1) is 19.0 Å². The maximum Gasteiger partial charge on any atom is 0.280 e. The van der Waals surface area contributed by atoms with Crippen LogP contribution in [0.25, 0.3) is 11.2 Å². The molecule has 0 unspecified atom stereocenters. The van der Waals surface area contributed by atoms with E-state index >= 15 is 0 Å². The zero-order valence-corrected chi connectivity index (χ0v) is 16.3. The van der Waals surface area contributed by atoms with Gasteiger partial charge in [0.2, 0.25) is 5.95 Å². The molecule has 2 aromatic rings. The Labute approximate surface area is 174 Å². The molecule has 3 rings (SSSR count). The number of fused-ring (bicyclic) bond motifs is 1. The van der Waals surface area contributed by atoms with Crippen molar-refractivity contribution in [2.24, 2.45) is 0 Å². The number of imidazole rings is 1. The van der Waals surface area contributed by atoms with Crippen LogP contribution in [0.1, 0.15) is 13.2 Å². The second kappa shape index (κ2) is 10.2. The number of hydrogen-bond donors (Lipinski definition) is 9. The highest BCUT2D eigenvalue weighted by Gasteiger charge is 2.44. The van der Waals surface area contributed by atoms with E-state index in [4.69, 9.17) is 36.0 Å². The molecule has 0 spiro atoms. The van der Waals surface area contributed by atoms with E-state index in [0.717, 1.165) is 0 Å². The summed E-state index contributed by atoms with van der Waals surface area (Å²) in [6, 6.07) is 0. The van der Waals surface area contributed by atoms with Crippen molar-refractivity contribution in [1.82, 2.24) is 19.5 Å². The number of hydrogen-bond acceptors (Lipinski definition) is 13. The number of rotatable bonds is 6. The number of nitrogens with two attached hydrogens (primary N) is 1. The van der Waals surface area contributed by atoms with Gasteiger partial charge in [0.1, 0.15) is 36.6 Å². The minimum Gasteiger partial charge on any atom is -0.394 e. The van der Waals surface area contributed by atoms with Gasteiger partial charge >= 0.3 is 0 Å². The Bertz CT molecular complexity index is 933. The SMILES string of the molecule is C[C@H](O)[C@@H](O)[C@@H](O)[C@H](O)C=O.Nc1nc2c(ncn2[C@@H]2O[C@H](CO)[C@@H](O)[C@H]2O)c(=O)[nH]1. The van der Waals surface area contributed by atoms with Crippen molar-refractivity contribution < 1.29 is 45.3 Å². The molecular formula is C16H25N5O10. The zero-order chi connectivity index (χ0) is 23.5. The Morgan fingerprint density at radius 3 is 2.42 bits per heavy atom. The first-order chi connectivity index (χ1) is 14.5. The Morgan fingerprint density at radius 2 is 1.90 bits per heavy atom. The smallest absolute Gasteiger partial charge is 0.280 e. The number of aliphatic hydroxyl groups is 7. The van der Waals surface area contributed by atoms with Crippen LogP contribution in [0.2, 0.25) is 0 Å². The fourth-order valence-electron chi connectivity index (χ4n) is 2.81. The van der Waals surface area contributed by atoms with Crippen molar-refractivity contribution in [1.29, 1.82) is 0 Å². The van der Waals surface area contributed by atoms with E-state index in [0.29, 0.717) is 0 Å². The summed E-state index contributed by atoms with van der Waals surface area (Å²) in [7, 11) is 0. The molecule has 0 amide bonds. The highest BCUT2D eigenvalue weighted by Crippen LogP contribution is 2.30. The molecule has 0 aromatic carbocycles. The highest BCUT2D eigenvalue weighted by atomic mass is 16.6. The van der Waals surface area contributed by atoms with Gasteiger partial charge in [-0.1, -0.05) is 0 Å². The number of aliphatic hydroxyl groups excluding tert-OH is 7. The Morgan fingerprint density at radius 1 is 1.26 bits per heavy atom. The van der Waals surface area contributed by atoms with Crippen LogP contribution in [0.4, 0.5) is 5.95 Å². The van der Waals surface area contributed by atoms with Crippen molar-refractivity contribution in [3.63, 3.8) is 0 Å². The Balaban J connectivity index is 0.000000267. The van der Waals surface area contributed by atoms with Crippen molar-refractivity contribution in [3.05, 3.63) is 16.7 Å². The summed E-state index contributed by atoms with van der Waals surface area (Å²) in [5, 5.41) is 63.8. The molecular weight excluding hydrogens is 422 g/mol. The summed E-state index contributed by atoms with van der Waals surface area (Å²) in [6.07, 6.45) is -9.09. The van der Waals surface area contributed by atoms with Crippen molar-refractivity contribution in [2.75, 3.05) is 12.3 Å². The number of aromatic amines is 1. The summed E-state index contributed by atoms with van der Waals surface area (Å²) in [4.78, 5) is 31.6. The molecule has 0 saturated carbocycles. The van der Waals surface area contributed by atoms with Gasteiger partial charge < -0.3 is 51.0 Å².